The van der Waals surface area contributed by atoms with Crippen LogP contribution in [0.3, 0.4) is 0 Å². The van der Waals surface area contributed by atoms with Crippen molar-refractivity contribution in [3.8, 4) is 11.4 Å². The van der Waals surface area contributed by atoms with E-state index in [2.05, 4.69) is 58.7 Å². The predicted molar refractivity (Wildman–Crippen MR) is 75.3 cm³/mol. The Bertz CT molecular complexity index is 554. The first-order valence-corrected chi connectivity index (χ1v) is 6.78. The lowest BCUT2D eigenvalue weighted by Gasteiger charge is -2.17. The molecule has 0 saturated carbocycles. The van der Waals surface area contributed by atoms with Crippen LogP contribution in [0.25, 0.3) is 11.4 Å². The highest BCUT2D eigenvalue weighted by Crippen LogP contribution is 2.25. The van der Waals surface area contributed by atoms with Crippen molar-refractivity contribution in [3.05, 3.63) is 28.8 Å². The second kappa shape index (κ2) is 4.80. The van der Waals surface area contributed by atoms with Crippen molar-refractivity contribution in [2.24, 2.45) is 0 Å². The van der Waals surface area contributed by atoms with Gasteiger partial charge in [0.05, 0.1) is 11.4 Å². The minimum atomic E-state index is -0.0738. The molecule has 0 atom stereocenters. The zero-order valence-corrected chi connectivity index (χ0v) is 12.7. The maximum Gasteiger partial charge on any atom is 0.135 e. The van der Waals surface area contributed by atoms with Gasteiger partial charge in [0.15, 0.2) is 0 Å². The molecule has 0 aliphatic carbocycles. The van der Waals surface area contributed by atoms with E-state index in [1.165, 1.54) is 0 Å². The monoisotopic (exact) mass is 308 g/mol. The molecule has 0 saturated heterocycles. The average molecular weight is 309 g/mol. The zero-order chi connectivity index (χ0) is 13.3. The lowest BCUT2D eigenvalue weighted by molar-refractivity contribution is 0.543. The lowest BCUT2D eigenvalue weighted by atomic mass is 9.95. The fourth-order valence-corrected chi connectivity index (χ4v) is 2.07. The third-order valence-electron chi connectivity index (χ3n) is 2.64. The Kier molecular flexibility index (Phi) is 3.52. The van der Waals surface area contributed by atoms with Crippen molar-refractivity contribution in [2.45, 2.75) is 39.7 Å². The topological polar surface area (TPSA) is 43.6 Å². The van der Waals surface area contributed by atoms with Crippen molar-refractivity contribution in [1.29, 1.82) is 0 Å². The molecule has 0 N–H and O–H groups in total. The maximum absolute atomic E-state index is 4.65. The van der Waals surface area contributed by atoms with E-state index in [1.807, 2.05) is 16.8 Å². The minimum Gasteiger partial charge on any atom is -0.264 e. The summed E-state index contributed by atoms with van der Waals surface area (Å²) in [4.78, 5) is 9.10. The summed E-state index contributed by atoms with van der Waals surface area (Å²) in [5.41, 5.74) is 1.85. The first kappa shape index (κ1) is 13.2. The summed E-state index contributed by atoms with van der Waals surface area (Å²) in [6.07, 6.45) is 1.80. The SMILES string of the molecule is CCn1nccc1-c1cc(Br)nc(C(C)(C)C)n1. The number of hydrogen-bond donors (Lipinski definition) is 0. The Morgan fingerprint density at radius 1 is 1.28 bits per heavy atom. The normalized spacial score (nSPS) is 11.8. The zero-order valence-electron chi connectivity index (χ0n) is 11.1. The third kappa shape index (κ3) is 2.61. The number of rotatable bonds is 2. The summed E-state index contributed by atoms with van der Waals surface area (Å²) in [6, 6.07) is 3.91. The molecular formula is C13H17BrN4. The number of aryl methyl sites for hydroxylation is 1. The van der Waals surface area contributed by atoms with E-state index in [-0.39, 0.29) is 5.41 Å². The van der Waals surface area contributed by atoms with Crippen LogP contribution in [0, 0.1) is 0 Å². The average Bonchev–Trinajstić information content (AvgIpc) is 2.74. The van der Waals surface area contributed by atoms with Crippen molar-refractivity contribution < 1.29 is 0 Å². The Balaban J connectivity index is 2.56. The highest BCUT2D eigenvalue weighted by Gasteiger charge is 2.19. The molecule has 0 aliphatic rings. The van der Waals surface area contributed by atoms with Crippen LogP contribution in [-0.4, -0.2) is 19.7 Å². The van der Waals surface area contributed by atoms with Gasteiger partial charge in [-0.15, -0.1) is 0 Å². The van der Waals surface area contributed by atoms with Gasteiger partial charge >= 0.3 is 0 Å². The van der Waals surface area contributed by atoms with Crippen LogP contribution in [0.4, 0.5) is 0 Å². The quantitative estimate of drug-likeness (QED) is 0.798. The van der Waals surface area contributed by atoms with Crippen molar-refractivity contribution >= 4 is 15.9 Å². The molecule has 0 spiro atoms. The van der Waals surface area contributed by atoms with Crippen molar-refractivity contribution in [1.82, 2.24) is 19.7 Å². The molecule has 0 aliphatic heterocycles. The van der Waals surface area contributed by atoms with Crippen LogP contribution in [0.2, 0.25) is 0 Å². The molecule has 2 heterocycles. The van der Waals surface area contributed by atoms with E-state index >= 15 is 0 Å². The van der Waals surface area contributed by atoms with Gasteiger partial charge in [-0.25, -0.2) is 9.97 Å². The van der Waals surface area contributed by atoms with Crippen LogP contribution in [0.5, 0.6) is 0 Å². The summed E-state index contributed by atoms with van der Waals surface area (Å²) in [7, 11) is 0. The van der Waals surface area contributed by atoms with Crippen LogP contribution in [-0.2, 0) is 12.0 Å². The molecule has 4 nitrogen and oxygen atoms in total. The van der Waals surface area contributed by atoms with E-state index in [9.17, 15) is 0 Å². The van der Waals surface area contributed by atoms with Gasteiger partial charge in [0.1, 0.15) is 10.4 Å². The molecule has 0 radical (unpaired) electrons. The maximum atomic E-state index is 4.65. The van der Waals surface area contributed by atoms with Gasteiger partial charge in [0.2, 0.25) is 0 Å². The Hall–Kier alpha value is -1.23. The van der Waals surface area contributed by atoms with Crippen molar-refractivity contribution in [2.75, 3.05) is 0 Å². The van der Waals surface area contributed by atoms with Gasteiger partial charge in [-0.3, -0.25) is 4.68 Å². The fraction of sp³-hybridized carbons (Fsp3) is 0.462. The van der Waals surface area contributed by atoms with Crippen LogP contribution in [0.1, 0.15) is 33.5 Å². The molecule has 2 aromatic rings. The third-order valence-corrected chi connectivity index (χ3v) is 3.05. The molecule has 0 unspecified atom stereocenters. The van der Waals surface area contributed by atoms with Gasteiger partial charge in [-0.05, 0) is 35.0 Å². The first-order chi connectivity index (χ1) is 8.41. The van der Waals surface area contributed by atoms with Gasteiger partial charge in [-0.1, -0.05) is 20.8 Å². The molecule has 5 heteroatoms. The van der Waals surface area contributed by atoms with Crippen LogP contribution >= 0.6 is 15.9 Å². The molecule has 18 heavy (non-hydrogen) atoms. The Morgan fingerprint density at radius 3 is 2.61 bits per heavy atom. The molecular weight excluding hydrogens is 292 g/mol. The smallest absolute Gasteiger partial charge is 0.135 e. The first-order valence-electron chi connectivity index (χ1n) is 5.99. The van der Waals surface area contributed by atoms with Crippen molar-refractivity contribution in [3.63, 3.8) is 0 Å². The number of halogens is 1. The summed E-state index contributed by atoms with van der Waals surface area (Å²) >= 11 is 3.46. The van der Waals surface area contributed by atoms with Gasteiger partial charge in [0.25, 0.3) is 0 Å². The molecule has 0 bridgehead atoms. The molecule has 2 aromatic heterocycles. The van der Waals surface area contributed by atoms with Gasteiger partial charge in [-0.2, -0.15) is 5.10 Å². The lowest BCUT2D eigenvalue weighted by Crippen LogP contribution is -2.17. The summed E-state index contributed by atoms with van der Waals surface area (Å²) in [5, 5.41) is 4.27. The molecule has 0 fully saturated rings. The standard InChI is InChI=1S/C13H17BrN4/c1-5-18-10(6-7-15-18)9-8-11(14)17-12(16-9)13(2,3)4/h6-8H,5H2,1-4H3. The van der Waals surface area contributed by atoms with E-state index in [1.54, 1.807) is 6.20 Å². The van der Waals surface area contributed by atoms with Crippen LogP contribution in [0.15, 0.2) is 22.9 Å². The minimum absolute atomic E-state index is 0.0738. The van der Waals surface area contributed by atoms with Gasteiger partial charge < -0.3 is 0 Å². The number of nitrogens with zero attached hydrogens (tertiary/aromatic N) is 4. The summed E-state index contributed by atoms with van der Waals surface area (Å²) in [6.45, 7) is 9.22. The molecule has 0 aromatic carbocycles. The van der Waals surface area contributed by atoms with Crippen LogP contribution < -0.4 is 0 Å². The fourth-order valence-electron chi connectivity index (χ4n) is 1.69. The molecule has 0 amide bonds. The van der Waals surface area contributed by atoms with E-state index < -0.39 is 0 Å². The summed E-state index contributed by atoms with van der Waals surface area (Å²) < 4.78 is 2.74. The Labute approximate surface area is 116 Å². The molecule has 2 rings (SSSR count). The Morgan fingerprint density at radius 2 is 2.00 bits per heavy atom. The number of hydrogen-bond acceptors (Lipinski definition) is 3. The summed E-state index contributed by atoms with van der Waals surface area (Å²) in [5.74, 6) is 0.829. The largest absolute Gasteiger partial charge is 0.264 e. The van der Waals surface area contributed by atoms with E-state index in [0.29, 0.717) is 0 Å². The highest BCUT2D eigenvalue weighted by atomic mass is 79.9. The van der Waals surface area contributed by atoms with Gasteiger partial charge in [0, 0.05) is 18.2 Å². The second-order valence-electron chi connectivity index (χ2n) is 5.18. The molecule has 96 valence electrons. The second-order valence-corrected chi connectivity index (χ2v) is 5.99. The van der Waals surface area contributed by atoms with E-state index in [4.69, 9.17) is 0 Å². The van der Waals surface area contributed by atoms with E-state index in [0.717, 1.165) is 28.4 Å². The highest BCUT2D eigenvalue weighted by molar-refractivity contribution is 9.10. The number of aromatic nitrogens is 4. The predicted octanol–water partition coefficient (Wildman–Crippen LogP) is 3.42.